The van der Waals surface area contributed by atoms with Crippen molar-refractivity contribution < 1.29 is 19.0 Å². The van der Waals surface area contributed by atoms with Crippen LogP contribution in [0.25, 0.3) is 0 Å². The van der Waals surface area contributed by atoms with E-state index in [4.69, 9.17) is 9.47 Å². The molecule has 1 N–H and O–H groups in total. The minimum absolute atomic E-state index is 0.0543. The van der Waals surface area contributed by atoms with Gasteiger partial charge < -0.3 is 20.0 Å². The number of hydrogen-bond donors (Lipinski definition) is 1. The van der Waals surface area contributed by atoms with Gasteiger partial charge in [-0.25, -0.2) is 0 Å². The number of nitrogens with one attached hydrogen (secondary N) is 1. The zero-order chi connectivity index (χ0) is 17.5. The number of nitrogens with zero attached hydrogens (tertiary/aromatic N) is 1. The summed E-state index contributed by atoms with van der Waals surface area (Å²) in [6.45, 7) is 1.85. The molecule has 0 saturated carbocycles. The minimum atomic E-state index is -0.440. The predicted octanol–water partition coefficient (Wildman–Crippen LogP) is 2.66. The van der Waals surface area contributed by atoms with Gasteiger partial charge in [-0.05, 0) is 43.0 Å². The van der Waals surface area contributed by atoms with E-state index in [9.17, 15) is 10.0 Å². The molecule has 1 atom stereocenters. The number of anilines is 1. The molecule has 1 aliphatic heterocycles. The molecule has 1 aliphatic rings. The summed E-state index contributed by atoms with van der Waals surface area (Å²) in [6, 6.07) is 12.1. The molecular formula is C19H22N2O4. The summed E-state index contributed by atoms with van der Waals surface area (Å²) in [5, 5.41) is 14.4. The molecule has 132 valence electrons. The number of benzene rings is 1. The van der Waals surface area contributed by atoms with E-state index in [0.29, 0.717) is 23.6 Å². The molecule has 1 aromatic heterocycles. The van der Waals surface area contributed by atoms with E-state index in [2.05, 4.69) is 5.32 Å². The Morgan fingerprint density at radius 3 is 3.00 bits per heavy atom. The number of carbonyl (C=O) groups is 1. The molecule has 1 amide bonds. The van der Waals surface area contributed by atoms with Crippen LogP contribution >= 0.6 is 0 Å². The van der Waals surface area contributed by atoms with Crippen molar-refractivity contribution in [2.75, 3.05) is 18.5 Å². The van der Waals surface area contributed by atoms with Crippen LogP contribution in [0.1, 0.15) is 35.3 Å². The molecule has 1 aromatic carbocycles. The normalized spacial score (nSPS) is 17.2. The molecule has 0 bridgehead atoms. The third-order valence-electron chi connectivity index (χ3n) is 4.09. The molecule has 1 fully saturated rings. The maximum atomic E-state index is 12.2. The quantitative estimate of drug-likeness (QED) is 0.647. The predicted molar refractivity (Wildman–Crippen MR) is 93.0 cm³/mol. The number of aromatic nitrogens is 1. The Hall–Kier alpha value is -2.44. The van der Waals surface area contributed by atoms with Gasteiger partial charge in [-0.2, -0.15) is 4.73 Å². The van der Waals surface area contributed by atoms with Gasteiger partial charge in [-0.15, -0.1) is 0 Å². The average molecular weight is 342 g/mol. The van der Waals surface area contributed by atoms with E-state index in [1.165, 1.54) is 18.7 Å². The fourth-order valence-electron chi connectivity index (χ4n) is 2.79. The summed E-state index contributed by atoms with van der Waals surface area (Å²) in [6.07, 6.45) is 4.84. The molecule has 0 unspecified atom stereocenters. The molecule has 0 radical (unpaired) electrons. The van der Waals surface area contributed by atoms with Gasteiger partial charge in [0.15, 0.2) is 6.20 Å². The molecular weight excluding hydrogens is 320 g/mol. The number of pyridine rings is 1. The molecule has 0 spiro atoms. The Morgan fingerprint density at radius 2 is 2.20 bits per heavy atom. The van der Waals surface area contributed by atoms with Gasteiger partial charge in [-0.1, -0.05) is 12.1 Å². The molecule has 2 heterocycles. The van der Waals surface area contributed by atoms with Crippen LogP contribution in [-0.2, 0) is 16.1 Å². The lowest BCUT2D eigenvalue weighted by atomic mass is 10.1. The number of hydrogen-bond acceptors (Lipinski definition) is 4. The van der Waals surface area contributed by atoms with Crippen LogP contribution < -0.4 is 10.0 Å². The fraction of sp³-hybridized carbons (Fsp3) is 0.368. The highest BCUT2D eigenvalue weighted by Gasteiger charge is 2.16. The van der Waals surface area contributed by atoms with Gasteiger partial charge in [0.05, 0.1) is 19.3 Å². The van der Waals surface area contributed by atoms with Crippen LogP contribution in [0.15, 0.2) is 48.7 Å². The lowest BCUT2D eigenvalue weighted by Gasteiger charge is -2.22. The van der Waals surface area contributed by atoms with Gasteiger partial charge in [0.25, 0.3) is 5.69 Å². The molecule has 6 heteroatoms. The third kappa shape index (κ3) is 5.01. The molecule has 2 aromatic rings. The van der Waals surface area contributed by atoms with Crippen LogP contribution in [0.4, 0.5) is 5.69 Å². The van der Waals surface area contributed by atoms with Crippen LogP contribution in [0.2, 0.25) is 0 Å². The van der Waals surface area contributed by atoms with Crippen molar-refractivity contribution in [1.29, 1.82) is 0 Å². The van der Waals surface area contributed by atoms with Crippen molar-refractivity contribution in [3.63, 3.8) is 0 Å². The van der Waals surface area contributed by atoms with E-state index in [1.807, 2.05) is 18.2 Å². The van der Waals surface area contributed by atoms with Gasteiger partial charge in [-0.3, -0.25) is 4.79 Å². The maximum absolute atomic E-state index is 12.2. The molecule has 3 rings (SSSR count). The highest BCUT2D eigenvalue weighted by atomic mass is 16.5. The zero-order valence-corrected chi connectivity index (χ0v) is 14.0. The van der Waals surface area contributed by atoms with E-state index in [1.54, 1.807) is 18.2 Å². The zero-order valence-electron chi connectivity index (χ0n) is 14.0. The first kappa shape index (κ1) is 17.4. The van der Waals surface area contributed by atoms with Crippen molar-refractivity contribution in [1.82, 2.24) is 0 Å². The number of ether oxygens (including phenoxy) is 2. The van der Waals surface area contributed by atoms with Crippen molar-refractivity contribution in [3.8, 4) is 0 Å². The number of rotatable bonds is 6. The van der Waals surface area contributed by atoms with E-state index < -0.39 is 5.91 Å². The van der Waals surface area contributed by atoms with Crippen molar-refractivity contribution in [3.05, 3.63) is 65.1 Å². The summed E-state index contributed by atoms with van der Waals surface area (Å²) >= 11 is 0. The van der Waals surface area contributed by atoms with Gasteiger partial charge in [0.2, 0.25) is 0 Å². The number of carbonyl (C=O) groups excluding carboxylic acids is 1. The topological polar surface area (TPSA) is 74.5 Å². The minimum Gasteiger partial charge on any atom is -0.618 e. The highest BCUT2D eigenvalue weighted by Crippen LogP contribution is 2.15. The van der Waals surface area contributed by atoms with Crippen molar-refractivity contribution in [2.45, 2.75) is 32.0 Å². The monoisotopic (exact) mass is 342 g/mol. The van der Waals surface area contributed by atoms with E-state index in [-0.39, 0.29) is 11.8 Å². The summed E-state index contributed by atoms with van der Waals surface area (Å²) in [4.78, 5) is 12.2. The largest absolute Gasteiger partial charge is 0.618 e. The first-order chi connectivity index (χ1) is 12.2. The first-order valence-electron chi connectivity index (χ1n) is 8.50. The third-order valence-corrected chi connectivity index (χ3v) is 4.09. The summed E-state index contributed by atoms with van der Waals surface area (Å²) in [7, 11) is 0. The fourth-order valence-corrected chi connectivity index (χ4v) is 2.79. The lowest BCUT2D eigenvalue weighted by molar-refractivity contribution is -0.607. The average Bonchev–Trinajstić information content (AvgIpc) is 2.63. The van der Waals surface area contributed by atoms with Crippen LogP contribution in [0, 0.1) is 5.21 Å². The first-order valence-corrected chi connectivity index (χ1v) is 8.50. The van der Waals surface area contributed by atoms with Crippen LogP contribution in [-0.4, -0.2) is 25.2 Å². The molecule has 6 nitrogen and oxygen atoms in total. The second-order valence-corrected chi connectivity index (χ2v) is 6.07. The molecule has 25 heavy (non-hydrogen) atoms. The second-order valence-electron chi connectivity index (χ2n) is 6.07. The van der Waals surface area contributed by atoms with Gasteiger partial charge in [0.1, 0.15) is 0 Å². The Balaban J connectivity index is 1.54. The summed E-state index contributed by atoms with van der Waals surface area (Å²) < 4.78 is 11.9. The van der Waals surface area contributed by atoms with Crippen LogP contribution in [0.3, 0.4) is 0 Å². The van der Waals surface area contributed by atoms with Crippen molar-refractivity contribution in [2.24, 2.45) is 0 Å². The summed E-state index contributed by atoms with van der Waals surface area (Å²) in [5.74, 6) is -0.440. The molecule has 0 aliphatic carbocycles. The SMILES string of the molecule is O=C(Nc1cccc(COC[C@H]2CCCCO2)c1)c1cccc[n+]1[O-]. The Labute approximate surface area is 147 Å². The standard InChI is InChI=1S/C19H22N2O4/c22-19(18-9-1-3-10-21(18)23)20-16-7-5-6-15(12-16)13-24-14-17-8-2-4-11-25-17/h1,3,5-7,9-10,12,17H,2,4,8,11,13-14H2,(H,20,22)/t17-/m1/s1. The Kier molecular flexibility index (Phi) is 5.98. The summed E-state index contributed by atoms with van der Waals surface area (Å²) in [5.41, 5.74) is 1.64. The maximum Gasteiger partial charge on any atom is 0.321 e. The number of amides is 1. The van der Waals surface area contributed by atoms with E-state index >= 15 is 0 Å². The Bertz CT molecular complexity index is 714. The Morgan fingerprint density at radius 1 is 1.28 bits per heavy atom. The van der Waals surface area contributed by atoms with Crippen LogP contribution in [0.5, 0.6) is 0 Å². The smallest absolute Gasteiger partial charge is 0.321 e. The second kappa shape index (κ2) is 8.60. The lowest BCUT2D eigenvalue weighted by Crippen LogP contribution is -2.36. The van der Waals surface area contributed by atoms with Gasteiger partial charge >= 0.3 is 5.91 Å². The van der Waals surface area contributed by atoms with Crippen molar-refractivity contribution >= 4 is 11.6 Å². The molecule has 1 saturated heterocycles. The van der Waals surface area contributed by atoms with E-state index in [0.717, 1.165) is 25.0 Å². The highest BCUT2D eigenvalue weighted by molar-refractivity contribution is 6.01. The van der Waals surface area contributed by atoms with Gasteiger partial charge in [0, 0.05) is 24.4 Å².